The normalized spacial score (nSPS) is 9.88. The molecule has 130 valence electrons. The molecule has 25 heavy (non-hydrogen) atoms. The van der Waals surface area contributed by atoms with Crippen molar-refractivity contribution in [3.63, 3.8) is 0 Å². The predicted molar refractivity (Wildman–Crippen MR) is 112 cm³/mol. The number of quaternary nitrogens is 1. The van der Waals surface area contributed by atoms with Gasteiger partial charge in [-0.2, -0.15) is 5.48 Å². The molecule has 6 nitrogen and oxygen atoms in total. The summed E-state index contributed by atoms with van der Waals surface area (Å²) in [5.74, 6) is -0.467. The molecule has 0 aliphatic rings. The Labute approximate surface area is 166 Å². The summed E-state index contributed by atoms with van der Waals surface area (Å²) in [6.45, 7) is 0. The number of anilines is 2. The first-order valence-corrected chi connectivity index (χ1v) is 11.1. The summed E-state index contributed by atoms with van der Waals surface area (Å²) in [6.07, 6.45) is 0. The molecule has 0 bridgehead atoms. The fourth-order valence-electron chi connectivity index (χ4n) is 2.12. The number of halogens is 1. The minimum atomic E-state index is -0.467. The predicted octanol–water partition coefficient (Wildman–Crippen LogP) is 3.50. The second-order valence-corrected chi connectivity index (χ2v) is 5.72. The van der Waals surface area contributed by atoms with Gasteiger partial charge in [-0.05, 0) is 39.4 Å². The lowest BCUT2D eigenvalue weighted by molar-refractivity contribution is -0.825. The van der Waals surface area contributed by atoms with Crippen LogP contribution in [-0.4, -0.2) is 16.1 Å². The van der Waals surface area contributed by atoms with E-state index in [9.17, 15) is 4.79 Å². The molecule has 3 rings (SSSR count). The third kappa shape index (κ3) is 5.41. The van der Waals surface area contributed by atoms with Gasteiger partial charge in [0.25, 0.3) is 0 Å². The number of nitrogens with one attached hydrogen (secondary N) is 1. The van der Waals surface area contributed by atoms with Gasteiger partial charge in [0.2, 0.25) is 5.91 Å². The van der Waals surface area contributed by atoms with Gasteiger partial charge in [0.1, 0.15) is 0 Å². The van der Waals surface area contributed by atoms with Crippen molar-refractivity contribution in [3.8, 4) is 11.3 Å². The van der Waals surface area contributed by atoms with Crippen LogP contribution in [0.1, 0.15) is 10.4 Å². The maximum absolute atomic E-state index is 11.2. The van der Waals surface area contributed by atoms with Crippen LogP contribution in [0.5, 0.6) is 0 Å². The molecule has 9 heteroatoms. The second kappa shape index (κ2) is 9.73. The molecule has 0 unspecified atom stereocenters. The molecule has 0 aliphatic carbocycles. The number of amides is 1. The van der Waals surface area contributed by atoms with E-state index in [0.717, 1.165) is 28.1 Å². The molecule has 0 atom stereocenters. The summed E-state index contributed by atoms with van der Waals surface area (Å²) in [6, 6.07) is 14.4. The molecule has 0 spiro atoms. The quantitative estimate of drug-likeness (QED) is 0.165. The Bertz CT molecular complexity index is 857. The molecule has 1 heterocycles. The number of thiol groups is 1. The molecular weight excluding hydrogens is 471 g/mol. The fraction of sp³-hybridized carbons (Fsp3) is 0. The number of carbonyl (C=O) groups excluding carboxylic acids is 1. The molecule has 0 saturated carbocycles. The smallest absolute Gasteiger partial charge is 0.248 e. The molecule has 0 aliphatic heterocycles. The van der Waals surface area contributed by atoms with E-state index in [0.29, 0.717) is 10.7 Å². The molecule has 1 amide bonds. The van der Waals surface area contributed by atoms with Gasteiger partial charge in [0.15, 0.2) is 10.8 Å². The summed E-state index contributed by atoms with van der Waals surface area (Å²) in [5, 5.41) is 14.9. The van der Waals surface area contributed by atoms with Crippen LogP contribution in [0.2, 0.25) is 0 Å². The van der Waals surface area contributed by atoms with Crippen LogP contribution in [0.15, 0.2) is 53.9 Å². The Kier molecular flexibility index (Phi) is 7.65. The summed E-state index contributed by atoms with van der Waals surface area (Å²) in [4.78, 5) is 15.7. The van der Waals surface area contributed by atoms with Gasteiger partial charge in [0.05, 0.1) is 5.69 Å². The topological polar surface area (TPSA) is 105 Å². The molecule has 0 saturated heterocycles. The third-order valence-corrected chi connectivity index (χ3v) is 3.99. The van der Waals surface area contributed by atoms with Crippen molar-refractivity contribution in [1.29, 1.82) is 0 Å². The maximum atomic E-state index is 11.2. The van der Waals surface area contributed by atoms with Crippen LogP contribution in [0.3, 0.4) is 0 Å². The van der Waals surface area contributed by atoms with Gasteiger partial charge in [-0.25, -0.2) is 10.2 Å². The SMILES string of the molecule is NC(=O)c1cccc(Nc2nc(-c3cccc([NH2+]O)c3)cs2)c1.SI. The highest BCUT2D eigenvalue weighted by Crippen LogP contribution is 2.28. The lowest BCUT2D eigenvalue weighted by atomic mass is 10.1. The number of carbonyl (C=O) groups is 1. The van der Waals surface area contributed by atoms with Crippen molar-refractivity contribution < 1.29 is 15.5 Å². The van der Waals surface area contributed by atoms with Crippen LogP contribution in [0, 0.1) is 0 Å². The number of thiazole rings is 1. The minimum Gasteiger partial charge on any atom is -0.366 e. The Morgan fingerprint density at radius 3 is 2.72 bits per heavy atom. The molecular formula is C16H16IN4O2S2+. The van der Waals surface area contributed by atoms with Gasteiger partial charge in [0, 0.05) is 34.3 Å². The molecule has 1 aromatic heterocycles. The van der Waals surface area contributed by atoms with E-state index < -0.39 is 5.91 Å². The van der Waals surface area contributed by atoms with Gasteiger partial charge >= 0.3 is 0 Å². The average molecular weight is 487 g/mol. The Hall–Kier alpha value is -1.66. The highest BCUT2D eigenvalue weighted by molar-refractivity contribution is 14.2. The molecule has 2 aromatic carbocycles. The van der Waals surface area contributed by atoms with Gasteiger partial charge in [-0.1, -0.05) is 18.2 Å². The van der Waals surface area contributed by atoms with Gasteiger partial charge in [-0.15, -0.1) is 21.1 Å². The van der Waals surface area contributed by atoms with Crippen molar-refractivity contribution >= 4 is 64.8 Å². The number of nitrogens with two attached hydrogens (primary N) is 2. The maximum Gasteiger partial charge on any atom is 0.248 e. The van der Waals surface area contributed by atoms with Gasteiger partial charge < -0.3 is 11.1 Å². The summed E-state index contributed by atoms with van der Waals surface area (Å²) in [5.41, 5.74) is 9.99. The minimum absolute atomic E-state index is 0.443. The van der Waals surface area contributed by atoms with Crippen molar-refractivity contribution in [1.82, 2.24) is 4.98 Å². The first-order chi connectivity index (χ1) is 12.2. The lowest BCUT2D eigenvalue weighted by Gasteiger charge is -2.03. The largest absolute Gasteiger partial charge is 0.366 e. The first-order valence-electron chi connectivity index (χ1n) is 7.03. The summed E-state index contributed by atoms with van der Waals surface area (Å²) in [7, 11) is 3.50. The number of nitrogens with zero attached hydrogens (tertiary/aromatic N) is 1. The van der Waals surface area contributed by atoms with Gasteiger partial charge in [-0.3, -0.25) is 4.79 Å². The average Bonchev–Trinajstić information content (AvgIpc) is 3.12. The molecule has 6 N–H and O–H groups in total. The fourth-order valence-corrected chi connectivity index (χ4v) is 2.86. The van der Waals surface area contributed by atoms with Crippen LogP contribution < -0.4 is 16.5 Å². The Balaban J connectivity index is 0.00000109. The number of hydrogen-bond donors (Lipinski definition) is 5. The zero-order valence-electron chi connectivity index (χ0n) is 12.9. The van der Waals surface area contributed by atoms with Crippen molar-refractivity contribution in [2.75, 3.05) is 5.32 Å². The first kappa shape index (κ1) is 19.7. The zero-order valence-corrected chi connectivity index (χ0v) is 16.8. The van der Waals surface area contributed by atoms with Crippen LogP contribution in [-0.2, 0) is 0 Å². The van der Waals surface area contributed by atoms with E-state index >= 15 is 0 Å². The van der Waals surface area contributed by atoms with E-state index in [4.69, 9.17) is 10.9 Å². The molecule has 0 fully saturated rings. The highest BCUT2D eigenvalue weighted by Gasteiger charge is 2.08. The second-order valence-electron chi connectivity index (χ2n) is 4.86. The number of hydrogen-bond acceptors (Lipinski definition) is 6. The number of primary amides is 1. The van der Waals surface area contributed by atoms with E-state index in [1.807, 2.05) is 56.9 Å². The summed E-state index contributed by atoms with van der Waals surface area (Å²) < 4.78 is 0. The number of aromatic nitrogens is 1. The Morgan fingerprint density at radius 2 is 2.00 bits per heavy atom. The van der Waals surface area contributed by atoms with Crippen LogP contribution in [0.4, 0.5) is 16.5 Å². The van der Waals surface area contributed by atoms with E-state index in [1.54, 1.807) is 18.2 Å². The van der Waals surface area contributed by atoms with Crippen LogP contribution in [0.25, 0.3) is 11.3 Å². The van der Waals surface area contributed by atoms with Crippen molar-refractivity contribution in [2.45, 2.75) is 0 Å². The summed E-state index contributed by atoms with van der Waals surface area (Å²) >= 11 is 3.30. The monoisotopic (exact) mass is 487 g/mol. The lowest BCUT2D eigenvalue weighted by Crippen LogP contribution is -2.73. The number of benzene rings is 2. The van der Waals surface area contributed by atoms with Crippen LogP contribution >= 0.6 is 42.3 Å². The zero-order chi connectivity index (χ0) is 18.2. The van der Waals surface area contributed by atoms with Crippen molar-refractivity contribution in [2.24, 2.45) is 5.73 Å². The Morgan fingerprint density at radius 1 is 1.24 bits per heavy atom. The van der Waals surface area contributed by atoms with Crippen molar-refractivity contribution in [3.05, 3.63) is 59.5 Å². The standard InChI is InChI=1S/C16H14N4O2S.HIS/c17-15(21)11-4-2-5-12(8-11)18-16-19-14(9-23-16)10-3-1-6-13(7-10)20-22;1-2/h1-9,20,22H,(H2,17,21)(H,18,19);2H/p+1. The van der Waals surface area contributed by atoms with E-state index in [1.165, 1.54) is 11.3 Å². The molecule has 3 aromatic rings. The third-order valence-electron chi connectivity index (χ3n) is 3.23. The molecule has 0 radical (unpaired) electrons. The van der Waals surface area contributed by atoms with E-state index in [2.05, 4.69) is 20.1 Å². The highest BCUT2D eigenvalue weighted by atomic mass is 127. The number of rotatable bonds is 5. The van der Waals surface area contributed by atoms with E-state index in [-0.39, 0.29) is 0 Å².